The van der Waals surface area contributed by atoms with Crippen LogP contribution in [0.5, 0.6) is 0 Å². The Kier molecular flexibility index (Phi) is 4.44. The molecule has 1 aromatic carbocycles. The van der Waals surface area contributed by atoms with Crippen molar-refractivity contribution in [1.29, 1.82) is 0 Å². The van der Waals surface area contributed by atoms with Crippen LogP contribution in [0.25, 0.3) is 0 Å². The zero-order valence-corrected chi connectivity index (χ0v) is 12.7. The van der Waals surface area contributed by atoms with E-state index in [1.165, 1.54) is 6.07 Å². The van der Waals surface area contributed by atoms with E-state index in [0.717, 1.165) is 23.5 Å². The van der Waals surface area contributed by atoms with Crippen LogP contribution in [0.3, 0.4) is 0 Å². The summed E-state index contributed by atoms with van der Waals surface area (Å²) in [6, 6.07) is 4.16. The van der Waals surface area contributed by atoms with Gasteiger partial charge in [-0.05, 0) is 28.1 Å². The van der Waals surface area contributed by atoms with E-state index in [-0.39, 0.29) is 4.88 Å². The quantitative estimate of drug-likeness (QED) is 0.682. The maximum absolute atomic E-state index is 13.9. The summed E-state index contributed by atoms with van der Waals surface area (Å²) in [4.78, 5) is 0.250. The minimum atomic E-state index is -4.81. The van der Waals surface area contributed by atoms with E-state index in [2.05, 4.69) is 15.9 Å². The van der Waals surface area contributed by atoms with Gasteiger partial charge in [-0.15, -0.1) is 11.3 Å². The van der Waals surface area contributed by atoms with Crippen molar-refractivity contribution in [3.05, 3.63) is 54.9 Å². The molecule has 1 nitrogen and oxygen atoms in total. The lowest BCUT2D eigenvalue weighted by Crippen LogP contribution is -2.11. The zero-order valence-electron chi connectivity index (χ0n) is 9.51. The van der Waals surface area contributed by atoms with Gasteiger partial charge in [0.2, 0.25) is 0 Å². The highest BCUT2D eigenvalue weighted by molar-refractivity contribution is 9.11. The Morgan fingerprint density at radius 3 is 2.45 bits per heavy atom. The first-order chi connectivity index (χ1) is 9.21. The molecule has 1 atom stereocenters. The maximum atomic E-state index is 13.9. The molecule has 0 aliphatic rings. The van der Waals surface area contributed by atoms with Gasteiger partial charge in [0, 0.05) is 10.4 Å². The van der Waals surface area contributed by atoms with E-state index in [4.69, 9.17) is 11.6 Å². The predicted octanol–water partition coefficient (Wildman–Crippen LogP) is 5.40. The topological polar surface area (TPSA) is 20.2 Å². The van der Waals surface area contributed by atoms with Gasteiger partial charge < -0.3 is 5.11 Å². The Hall–Kier alpha value is -0.630. The lowest BCUT2D eigenvalue weighted by Gasteiger charge is -2.14. The molecule has 0 fully saturated rings. The van der Waals surface area contributed by atoms with Crippen molar-refractivity contribution >= 4 is 38.9 Å². The molecule has 1 N–H and O–H groups in total. The van der Waals surface area contributed by atoms with Gasteiger partial charge in [0.05, 0.1) is 14.4 Å². The molecular formula is C12H6BrClF4OS. The van der Waals surface area contributed by atoms with E-state index < -0.39 is 29.2 Å². The summed E-state index contributed by atoms with van der Waals surface area (Å²) < 4.78 is 52.3. The Labute approximate surface area is 128 Å². The second kappa shape index (κ2) is 5.63. The highest BCUT2D eigenvalue weighted by Crippen LogP contribution is 2.40. The molecule has 0 radical (unpaired) electrons. The lowest BCUT2D eigenvalue weighted by atomic mass is 10.0. The van der Waals surface area contributed by atoms with Crippen molar-refractivity contribution in [2.75, 3.05) is 0 Å². The summed E-state index contributed by atoms with van der Waals surface area (Å²) in [6.07, 6.45) is -6.32. The normalized spacial score (nSPS) is 13.6. The third-order valence-corrected chi connectivity index (χ3v) is 5.09. The molecule has 0 saturated carbocycles. The average molecular weight is 390 g/mol. The molecule has 0 aliphatic carbocycles. The number of alkyl halides is 3. The molecule has 2 rings (SSSR count). The van der Waals surface area contributed by atoms with Crippen LogP contribution in [0.4, 0.5) is 17.6 Å². The molecule has 1 aromatic heterocycles. The van der Waals surface area contributed by atoms with Crippen LogP contribution in [-0.2, 0) is 6.18 Å². The second-order valence-corrected chi connectivity index (χ2v) is 6.69. The molecule has 8 heteroatoms. The zero-order chi connectivity index (χ0) is 15.1. The number of aliphatic hydroxyl groups excluding tert-OH is 1. The summed E-state index contributed by atoms with van der Waals surface area (Å²) in [5, 5.41) is 10.3. The van der Waals surface area contributed by atoms with Crippen molar-refractivity contribution in [2.45, 2.75) is 12.3 Å². The molecule has 0 amide bonds. The summed E-state index contributed by atoms with van der Waals surface area (Å²) in [7, 11) is 0. The summed E-state index contributed by atoms with van der Waals surface area (Å²) in [5.74, 6) is -1.48. The lowest BCUT2D eigenvalue weighted by molar-refractivity contribution is -0.140. The molecule has 0 bridgehead atoms. The summed E-state index contributed by atoms with van der Waals surface area (Å²) in [5.41, 5.74) is -1.85. The monoisotopic (exact) mass is 388 g/mol. The van der Waals surface area contributed by atoms with Crippen LogP contribution in [0.1, 0.15) is 22.1 Å². The van der Waals surface area contributed by atoms with E-state index in [0.29, 0.717) is 14.9 Å². The predicted molar refractivity (Wildman–Crippen MR) is 72.5 cm³/mol. The number of aliphatic hydroxyl groups is 1. The molecule has 20 heavy (non-hydrogen) atoms. The van der Waals surface area contributed by atoms with Crippen LogP contribution >= 0.6 is 38.9 Å². The van der Waals surface area contributed by atoms with Crippen LogP contribution in [0.2, 0.25) is 5.02 Å². The fourth-order valence-electron chi connectivity index (χ4n) is 1.63. The van der Waals surface area contributed by atoms with Crippen LogP contribution in [-0.4, -0.2) is 5.11 Å². The van der Waals surface area contributed by atoms with E-state index in [9.17, 15) is 22.7 Å². The Bertz CT molecular complexity index is 621. The molecule has 0 spiro atoms. The third kappa shape index (κ3) is 3.00. The van der Waals surface area contributed by atoms with Gasteiger partial charge in [-0.25, -0.2) is 4.39 Å². The first kappa shape index (κ1) is 15.8. The smallest absolute Gasteiger partial charge is 0.383 e. The number of halogens is 6. The number of hydrogen-bond donors (Lipinski definition) is 1. The standard InChI is InChI=1S/C12H6BrClF4OS/c13-11-7(14)4-8(20-11)10(19)5-2-1-3-6(9(5)15)12(16,17)18/h1-4,10,19H. The molecular weight excluding hydrogens is 384 g/mol. The highest BCUT2D eigenvalue weighted by Gasteiger charge is 2.36. The largest absolute Gasteiger partial charge is 0.419 e. The van der Waals surface area contributed by atoms with Crippen molar-refractivity contribution in [3.8, 4) is 0 Å². The van der Waals surface area contributed by atoms with Crippen LogP contribution in [0.15, 0.2) is 28.1 Å². The van der Waals surface area contributed by atoms with Gasteiger partial charge in [-0.2, -0.15) is 13.2 Å². The molecule has 1 unspecified atom stereocenters. The van der Waals surface area contributed by atoms with Crippen molar-refractivity contribution in [1.82, 2.24) is 0 Å². The summed E-state index contributed by atoms with van der Waals surface area (Å²) >= 11 is 9.93. The number of thiophene rings is 1. The number of rotatable bonds is 2. The Morgan fingerprint density at radius 2 is 1.95 bits per heavy atom. The Morgan fingerprint density at radius 1 is 1.30 bits per heavy atom. The van der Waals surface area contributed by atoms with Gasteiger partial charge in [0.25, 0.3) is 0 Å². The van der Waals surface area contributed by atoms with Crippen LogP contribution < -0.4 is 0 Å². The second-order valence-electron chi connectivity index (χ2n) is 3.88. The maximum Gasteiger partial charge on any atom is 0.419 e. The fourth-order valence-corrected chi connectivity index (χ4v) is 3.38. The SMILES string of the molecule is OC(c1cc(Cl)c(Br)s1)c1cccc(C(F)(F)F)c1F. The van der Waals surface area contributed by atoms with Gasteiger partial charge in [0.1, 0.15) is 11.9 Å². The Balaban J connectivity index is 2.48. The molecule has 0 saturated heterocycles. The first-order valence-electron chi connectivity index (χ1n) is 5.20. The minimum absolute atomic E-state index is 0.250. The fraction of sp³-hybridized carbons (Fsp3) is 0.167. The van der Waals surface area contributed by atoms with Gasteiger partial charge in [0.15, 0.2) is 0 Å². The average Bonchev–Trinajstić information content (AvgIpc) is 2.67. The summed E-state index contributed by atoms with van der Waals surface area (Å²) in [6.45, 7) is 0. The minimum Gasteiger partial charge on any atom is -0.383 e. The van der Waals surface area contributed by atoms with E-state index >= 15 is 0 Å². The molecule has 0 aliphatic heterocycles. The molecule has 1 heterocycles. The number of hydrogen-bond acceptors (Lipinski definition) is 2. The van der Waals surface area contributed by atoms with E-state index in [1.54, 1.807) is 0 Å². The van der Waals surface area contributed by atoms with Gasteiger partial charge in [-0.3, -0.25) is 0 Å². The molecule has 108 valence electrons. The van der Waals surface area contributed by atoms with Crippen molar-refractivity contribution < 1.29 is 22.7 Å². The van der Waals surface area contributed by atoms with E-state index in [1.807, 2.05) is 0 Å². The van der Waals surface area contributed by atoms with Gasteiger partial charge >= 0.3 is 6.18 Å². The third-order valence-electron chi connectivity index (χ3n) is 2.56. The van der Waals surface area contributed by atoms with Gasteiger partial charge in [-0.1, -0.05) is 23.7 Å². The highest BCUT2D eigenvalue weighted by atomic mass is 79.9. The van der Waals surface area contributed by atoms with Crippen LogP contribution in [0, 0.1) is 5.82 Å². The first-order valence-corrected chi connectivity index (χ1v) is 7.19. The van der Waals surface area contributed by atoms with Crippen molar-refractivity contribution in [3.63, 3.8) is 0 Å². The number of benzene rings is 1. The molecule has 2 aromatic rings. The van der Waals surface area contributed by atoms with Crippen molar-refractivity contribution in [2.24, 2.45) is 0 Å².